The summed E-state index contributed by atoms with van der Waals surface area (Å²) in [6.45, 7) is 4.26. The maximum absolute atomic E-state index is 4.56. The molecule has 0 atom stereocenters. The highest BCUT2D eigenvalue weighted by atomic mass is 32.1. The molecule has 0 aliphatic heterocycles. The lowest BCUT2D eigenvalue weighted by Gasteiger charge is -1.95. The quantitative estimate of drug-likeness (QED) is 0.659. The van der Waals surface area contributed by atoms with Crippen LogP contribution in [0.1, 0.15) is 18.3 Å². The Bertz CT molecular complexity index is 411. The zero-order valence-corrected chi connectivity index (χ0v) is 8.40. The molecule has 0 saturated carbocycles. The molecule has 0 aliphatic carbocycles. The molecule has 0 N–H and O–H groups in total. The Hall–Kier alpha value is -0.830. The second kappa shape index (κ2) is 2.59. The van der Waals surface area contributed by atoms with Crippen LogP contribution in [-0.2, 0) is 13.5 Å². The zero-order chi connectivity index (χ0) is 8.72. The second-order valence-corrected chi connectivity index (χ2v) is 3.87. The Kier molecular flexibility index (Phi) is 1.68. The first-order valence-corrected chi connectivity index (χ1v) is 5.01. The van der Waals surface area contributed by atoms with Crippen LogP contribution < -0.4 is 0 Å². The van der Waals surface area contributed by atoms with Gasteiger partial charge in [0.25, 0.3) is 0 Å². The lowest BCUT2D eigenvalue weighted by molar-refractivity contribution is 0.832. The molecule has 2 nitrogen and oxygen atoms in total. The average Bonchev–Trinajstić information content (AvgIpc) is 2.55. The molecule has 3 heteroatoms. The van der Waals surface area contributed by atoms with Crippen LogP contribution in [0, 0.1) is 6.92 Å². The van der Waals surface area contributed by atoms with Gasteiger partial charge in [0.1, 0.15) is 16.2 Å². The van der Waals surface area contributed by atoms with Crippen molar-refractivity contribution >= 4 is 21.7 Å². The molecule has 0 aromatic carbocycles. The zero-order valence-electron chi connectivity index (χ0n) is 7.59. The summed E-state index contributed by atoms with van der Waals surface area (Å²) in [6.07, 6.45) is 1.01. The lowest BCUT2D eigenvalue weighted by atomic mass is 10.3. The van der Waals surface area contributed by atoms with Gasteiger partial charge in [0, 0.05) is 13.5 Å². The van der Waals surface area contributed by atoms with Crippen molar-refractivity contribution in [3.8, 4) is 0 Å². The smallest absolute Gasteiger partial charge is 0.123 e. The summed E-state index contributed by atoms with van der Waals surface area (Å²) >= 11 is 1.78. The molecule has 0 aliphatic rings. The van der Waals surface area contributed by atoms with Crippen molar-refractivity contribution in [2.75, 3.05) is 0 Å². The molecule has 64 valence electrons. The van der Waals surface area contributed by atoms with Gasteiger partial charge in [0.15, 0.2) is 0 Å². The first kappa shape index (κ1) is 7.80. The predicted molar refractivity (Wildman–Crippen MR) is 52.7 cm³/mol. The number of fused-ring (bicyclic) bond motifs is 1. The molecule has 0 spiro atoms. The third kappa shape index (κ3) is 0.894. The Morgan fingerprint density at radius 1 is 1.58 bits per heavy atom. The third-order valence-electron chi connectivity index (χ3n) is 2.17. The topological polar surface area (TPSA) is 17.8 Å². The Morgan fingerprint density at radius 2 is 2.33 bits per heavy atom. The molecule has 0 amide bonds. The molecule has 2 aromatic heterocycles. The van der Waals surface area contributed by atoms with Crippen LogP contribution in [0.15, 0.2) is 5.38 Å². The van der Waals surface area contributed by atoms with Gasteiger partial charge in [-0.3, -0.25) is 0 Å². The molecule has 2 aromatic rings. The molecule has 0 radical (unpaired) electrons. The number of hydrogen-bond acceptors (Lipinski definition) is 2. The van der Waals surface area contributed by atoms with Crippen LogP contribution in [0.5, 0.6) is 0 Å². The lowest BCUT2D eigenvalue weighted by Crippen LogP contribution is -1.93. The summed E-state index contributed by atoms with van der Waals surface area (Å²) < 4.78 is 2.19. The van der Waals surface area contributed by atoms with E-state index in [2.05, 4.69) is 35.8 Å². The van der Waals surface area contributed by atoms with Gasteiger partial charge >= 0.3 is 0 Å². The summed E-state index contributed by atoms with van der Waals surface area (Å²) in [5.41, 5.74) is 2.48. The molecule has 0 fully saturated rings. The van der Waals surface area contributed by atoms with Gasteiger partial charge in [0.2, 0.25) is 0 Å². The summed E-state index contributed by atoms with van der Waals surface area (Å²) in [7, 11) is 2.09. The summed E-state index contributed by atoms with van der Waals surface area (Å²) in [4.78, 5) is 5.86. The SMILES string of the molecule is CCc1nc2c(C)csc2n1C. The number of hydrogen-bond donors (Lipinski definition) is 0. The van der Waals surface area contributed by atoms with E-state index in [1.54, 1.807) is 11.3 Å². The standard InChI is InChI=1S/C9H12N2S/c1-4-7-10-8-6(2)5-12-9(8)11(7)3/h5H,4H2,1-3H3. The van der Waals surface area contributed by atoms with Gasteiger partial charge < -0.3 is 4.57 Å². The number of aryl methyl sites for hydroxylation is 3. The van der Waals surface area contributed by atoms with E-state index in [4.69, 9.17) is 0 Å². The average molecular weight is 180 g/mol. The maximum atomic E-state index is 4.56. The first-order valence-electron chi connectivity index (χ1n) is 4.13. The van der Waals surface area contributed by atoms with Gasteiger partial charge in [-0.1, -0.05) is 6.92 Å². The van der Waals surface area contributed by atoms with Crippen LogP contribution in [0.3, 0.4) is 0 Å². The third-order valence-corrected chi connectivity index (χ3v) is 3.33. The van der Waals surface area contributed by atoms with Crippen molar-refractivity contribution in [1.29, 1.82) is 0 Å². The van der Waals surface area contributed by atoms with E-state index < -0.39 is 0 Å². The molecule has 2 heterocycles. The molecule has 2 rings (SSSR count). The normalized spacial score (nSPS) is 11.2. The van der Waals surface area contributed by atoms with Crippen LogP contribution in [-0.4, -0.2) is 9.55 Å². The monoisotopic (exact) mass is 180 g/mol. The molecule has 0 bridgehead atoms. The van der Waals surface area contributed by atoms with Crippen molar-refractivity contribution in [3.05, 3.63) is 16.8 Å². The number of imidazole rings is 1. The molecule has 12 heavy (non-hydrogen) atoms. The van der Waals surface area contributed by atoms with Crippen molar-refractivity contribution in [2.45, 2.75) is 20.3 Å². The van der Waals surface area contributed by atoms with Crippen molar-refractivity contribution in [3.63, 3.8) is 0 Å². The van der Waals surface area contributed by atoms with Crippen LogP contribution in [0.2, 0.25) is 0 Å². The van der Waals surface area contributed by atoms with E-state index in [-0.39, 0.29) is 0 Å². The van der Waals surface area contributed by atoms with Gasteiger partial charge in [-0.05, 0) is 17.9 Å². The largest absolute Gasteiger partial charge is 0.323 e. The number of aromatic nitrogens is 2. The van der Waals surface area contributed by atoms with E-state index in [0.717, 1.165) is 6.42 Å². The van der Waals surface area contributed by atoms with Crippen molar-refractivity contribution in [2.24, 2.45) is 7.05 Å². The minimum atomic E-state index is 1.01. The maximum Gasteiger partial charge on any atom is 0.123 e. The second-order valence-electron chi connectivity index (χ2n) is 3.01. The Labute approximate surface area is 75.9 Å². The molecule has 0 unspecified atom stereocenters. The highest BCUT2D eigenvalue weighted by molar-refractivity contribution is 7.16. The molecular weight excluding hydrogens is 168 g/mol. The van der Waals surface area contributed by atoms with E-state index >= 15 is 0 Å². The predicted octanol–water partition coefficient (Wildman–Crippen LogP) is 2.51. The minimum absolute atomic E-state index is 1.01. The van der Waals surface area contributed by atoms with Crippen molar-refractivity contribution in [1.82, 2.24) is 9.55 Å². The summed E-state index contributed by atoms with van der Waals surface area (Å²) in [6, 6.07) is 0. The van der Waals surface area contributed by atoms with Gasteiger partial charge in [0.05, 0.1) is 0 Å². The van der Waals surface area contributed by atoms with Gasteiger partial charge in [-0.15, -0.1) is 11.3 Å². The highest BCUT2D eigenvalue weighted by Gasteiger charge is 2.09. The number of rotatable bonds is 1. The van der Waals surface area contributed by atoms with E-state index in [1.165, 1.54) is 21.7 Å². The van der Waals surface area contributed by atoms with E-state index in [1.807, 2.05) is 0 Å². The van der Waals surface area contributed by atoms with Gasteiger partial charge in [-0.2, -0.15) is 0 Å². The fourth-order valence-corrected chi connectivity index (χ4v) is 2.42. The Morgan fingerprint density at radius 3 is 2.92 bits per heavy atom. The summed E-state index contributed by atoms with van der Waals surface area (Å²) in [5.74, 6) is 1.18. The van der Waals surface area contributed by atoms with Crippen LogP contribution in [0.4, 0.5) is 0 Å². The van der Waals surface area contributed by atoms with Crippen molar-refractivity contribution < 1.29 is 0 Å². The fourth-order valence-electron chi connectivity index (χ4n) is 1.44. The minimum Gasteiger partial charge on any atom is -0.323 e. The van der Waals surface area contributed by atoms with Gasteiger partial charge in [-0.25, -0.2) is 4.98 Å². The van der Waals surface area contributed by atoms with E-state index in [0.29, 0.717) is 0 Å². The molecular formula is C9H12N2S. The van der Waals surface area contributed by atoms with E-state index in [9.17, 15) is 0 Å². The number of nitrogens with zero attached hydrogens (tertiary/aromatic N) is 2. The molecule has 0 saturated heterocycles. The van der Waals surface area contributed by atoms with Crippen LogP contribution in [0.25, 0.3) is 10.3 Å². The van der Waals surface area contributed by atoms with Crippen LogP contribution >= 0.6 is 11.3 Å². The highest BCUT2D eigenvalue weighted by Crippen LogP contribution is 2.25. The summed E-state index contributed by atoms with van der Waals surface area (Å²) in [5, 5.41) is 2.16. The number of thiophene rings is 1. The fraction of sp³-hybridized carbons (Fsp3) is 0.444. The Balaban J connectivity index is 2.79. The first-order chi connectivity index (χ1) is 5.74.